The molecule has 0 bridgehead atoms. The zero-order valence-corrected chi connectivity index (χ0v) is 8.88. The Balaban J connectivity index is 2.86. The summed E-state index contributed by atoms with van der Waals surface area (Å²) in [7, 11) is 1.72. The topological polar surface area (TPSA) is 9.23 Å². The summed E-state index contributed by atoms with van der Waals surface area (Å²) in [5, 5.41) is 0. The van der Waals surface area contributed by atoms with Gasteiger partial charge < -0.3 is 4.74 Å². The molecular formula is C9H11IO. The first-order chi connectivity index (χ1) is 5.24. The van der Waals surface area contributed by atoms with Crippen LogP contribution in [-0.2, 0) is 11.3 Å². The van der Waals surface area contributed by atoms with Gasteiger partial charge in [-0.2, -0.15) is 0 Å². The van der Waals surface area contributed by atoms with Crippen molar-refractivity contribution in [3.63, 3.8) is 0 Å². The average molecular weight is 262 g/mol. The Morgan fingerprint density at radius 2 is 2.18 bits per heavy atom. The van der Waals surface area contributed by atoms with E-state index in [-0.39, 0.29) is 0 Å². The molecule has 0 aliphatic carbocycles. The fraction of sp³-hybridized carbons (Fsp3) is 0.333. The van der Waals surface area contributed by atoms with Crippen LogP contribution < -0.4 is 0 Å². The van der Waals surface area contributed by atoms with Gasteiger partial charge in [-0.25, -0.2) is 0 Å². The molecule has 0 saturated heterocycles. The fourth-order valence-electron chi connectivity index (χ4n) is 0.963. The van der Waals surface area contributed by atoms with Gasteiger partial charge in [-0.3, -0.25) is 0 Å². The monoisotopic (exact) mass is 262 g/mol. The van der Waals surface area contributed by atoms with Gasteiger partial charge in [0.25, 0.3) is 0 Å². The first kappa shape index (κ1) is 9.00. The molecule has 0 aliphatic heterocycles. The molecule has 0 spiro atoms. The van der Waals surface area contributed by atoms with Crippen molar-refractivity contribution in [2.45, 2.75) is 13.5 Å². The van der Waals surface area contributed by atoms with Crippen LogP contribution in [0.2, 0.25) is 0 Å². The summed E-state index contributed by atoms with van der Waals surface area (Å²) in [6, 6.07) is 6.37. The van der Waals surface area contributed by atoms with Crippen molar-refractivity contribution in [3.05, 3.63) is 32.9 Å². The predicted molar refractivity (Wildman–Crippen MR) is 54.6 cm³/mol. The molecule has 0 atom stereocenters. The van der Waals surface area contributed by atoms with Crippen molar-refractivity contribution >= 4 is 22.6 Å². The van der Waals surface area contributed by atoms with Gasteiger partial charge in [0.2, 0.25) is 0 Å². The van der Waals surface area contributed by atoms with Crippen molar-refractivity contribution in [2.75, 3.05) is 7.11 Å². The van der Waals surface area contributed by atoms with E-state index in [2.05, 4.69) is 47.7 Å². The summed E-state index contributed by atoms with van der Waals surface area (Å²) in [5.41, 5.74) is 2.56. The fourth-order valence-corrected chi connectivity index (χ4v) is 1.30. The van der Waals surface area contributed by atoms with Crippen LogP contribution in [0.5, 0.6) is 0 Å². The highest BCUT2D eigenvalue weighted by molar-refractivity contribution is 14.1. The molecule has 1 aromatic rings. The molecule has 0 radical (unpaired) electrons. The predicted octanol–water partition coefficient (Wildman–Crippen LogP) is 2.75. The van der Waals surface area contributed by atoms with Crippen LogP contribution in [0.3, 0.4) is 0 Å². The van der Waals surface area contributed by atoms with Crippen molar-refractivity contribution in [3.8, 4) is 0 Å². The third kappa shape index (κ3) is 2.45. The first-order valence-corrected chi connectivity index (χ1v) is 4.56. The highest BCUT2D eigenvalue weighted by atomic mass is 127. The number of hydrogen-bond donors (Lipinski definition) is 0. The Morgan fingerprint density at radius 1 is 1.45 bits per heavy atom. The minimum Gasteiger partial charge on any atom is -0.380 e. The molecular weight excluding hydrogens is 251 g/mol. The van der Waals surface area contributed by atoms with E-state index in [4.69, 9.17) is 4.74 Å². The van der Waals surface area contributed by atoms with Crippen LogP contribution in [-0.4, -0.2) is 7.11 Å². The van der Waals surface area contributed by atoms with Crippen molar-refractivity contribution < 1.29 is 4.74 Å². The normalized spacial score (nSPS) is 10.1. The van der Waals surface area contributed by atoms with Crippen LogP contribution >= 0.6 is 22.6 Å². The van der Waals surface area contributed by atoms with E-state index in [0.29, 0.717) is 6.61 Å². The van der Waals surface area contributed by atoms with Gasteiger partial charge in [-0.05, 0) is 46.7 Å². The Morgan fingerprint density at radius 3 is 2.73 bits per heavy atom. The summed E-state index contributed by atoms with van der Waals surface area (Å²) in [6.07, 6.45) is 0. The first-order valence-electron chi connectivity index (χ1n) is 3.48. The largest absolute Gasteiger partial charge is 0.380 e. The van der Waals surface area contributed by atoms with E-state index >= 15 is 0 Å². The summed E-state index contributed by atoms with van der Waals surface area (Å²) >= 11 is 2.33. The molecule has 60 valence electrons. The summed E-state index contributed by atoms with van der Waals surface area (Å²) in [6.45, 7) is 2.82. The molecule has 0 aromatic heterocycles. The number of rotatable bonds is 2. The third-order valence-corrected chi connectivity index (χ3v) is 2.74. The number of halogens is 1. The van der Waals surface area contributed by atoms with Crippen LogP contribution in [0.1, 0.15) is 11.1 Å². The standard InChI is InChI=1S/C9H11IO/c1-7-5-8(6-11-2)3-4-9(7)10/h3-5H,6H2,1-2H3. The highest BCUT2D eigenvalue weighted by Gasteiger charge is 1.95. The van der Waals surface area contributed by atoms with Crippen molar-refractivity contribution in [1.82, 2.24) is 0 Å². The summed E-state index contributed by atoms with van der Waals surface area (Å²) in [5.74, 6) is 0. The second-order valence-corrected chi connectivity index (χ2v) is 3.68. The van der Waals surface area contributed by atoms with Crippen LogP contribution in [0.4, 0.5) is 0 Å². The van der Waals surface area contributed by atoms with E-state index in [1.165, 1.54) is 14.7 Å². The lowest BCUT2D eigenvalue weighted by Gasteiger charge is -2.02. The van der Waals surface area contributed by atoms with E-state index in [9.17, 15) is 0 Å². The maximum Gasteiger partial charge on any atom is 0.0713 e. The van der Waals surface area contributed by atoms with Gasteiger partial charge >= 0.3 is 0 Å². The summed E-state index contributed by atoms with van der Waals surface area (Å²) < 4.78 is 6.33. The number of methoxy groups -OCH3 is 1. The van der Waals surface area contributed by atoms with E-state index in [1.54, 1.807) is 7.11 Å². The smallest absolute Gasteiger partial charge is 0.0713 e. The lowest BCUT2D eigenvalue weighted by atomic mass is 10.1. The molecule has 1 aromatic carbocycles. The second-order valence-electron chi connectivity index (χ2n) is 2.52. The van der Waals surface area contributed by atoms with Gasteiger partial charge in [0.15, 0.2) is 0 Å². The van der Waals surface area contributed by atoms with E-state index in [1.807, 2.05) is 0 Å². The lowest BCUT2D eigenvalue weighted by molar-refractivity contribution is 0.185. The number of ether oxygens (including phenoxy) is 1. The van der Waals surface area contributed by atoms with Gasteiger partial charge in [0.1, 0.15) is 0 Å². The van der Waals surface area contributed by atoms with E-state index in [0.717, 1.165) is 0 Å². The molecule has 0 N–H and O–H groups in total. The van der Waals surface area contributed by atoms with Gasteiger partial charge in [0, 0.05) is 10.7 Å². The second kappa shape index (κ2) is 4.07. The molecule has 1 nitrogen and oxygen atoms in total. The SMILES string of the molecule is COCc1ccc(I)c(C)c1. The Hall–Kier alpha value is -0.0900. The quantitative estimate of drug-likeness (QED) is 0.744. The van der Waals surface area contributed by atoms with E-state index < -0.39 is 0 Å². The van der Waals surface area contributed by atoms with Gasteiger partial charge in [-0.15, -0.1) is 0 Å². The minimum atomic E-state index is 0.706. The Bertz CT molecular complexity index is 245. The molecule has 0 unspecified atom stereocenters. The Kier molecular flexibility index (Phi) is 3.33. The third-order valence-electron chi connectivity index (χ3n) is 1.53. The number of aryl methyl sites for hydroxylation is 1. The Labute approximate surface area is 80.9 Å². The molecule has 0 aliphatic rings. The van der Waals surface area contributed by atoms with Crippen LogP contribution in [0, 0.1) is 10.5 Å². The van der Waals surface area contributed by atoms with Crippen LogP contribution in [0.25, 0.3) is 0 Å². The van der Waals surface area contributed by atoms with Gasteiger partial charge in [-0.1, -0.05) is 12.1 Å². The number of hydrogen-bond acceptors (Lipinski definition) is 1. The molecule has 0 amide bonds. The number of benzene rings is 1. The molecule has 1 rings (SSSR count). The maximum atomic E-state index is 5.02. The molecule has 0 heterocycles. The van der Waals surface area contributed by atoms with Gasteiger partial charge in [0.05, 0.1) is 6.61 Å². The molecule has 0 saturated carbocycles. The molecule has 2 heteroatoms. The van der Waals surface area contributed by atoms with Crippen LogP contribution in [0.15, 0.2) is 18.2 Å². The maximum absolute atomic E-state index is 5.02. The highest BCUT2D eigenvalue weighted by Crippen LogP contribution is 2.13. The zero-order chi connectivity index (χ0) is 8.27. The minimum absolute atomic E-state index is 0.706. The average Bonchev–Trinajstić information content (AvgIpc) is 1.98. The zero-order valence-electron chi connectivity index (χ0n) is 6.73. The lowest BCUT2D eigenvalue weighted by Crippen LogP contribution is -1.89. The summed E-state index contributed by atoms with van der Waals surface area (Å²) in [4.78, 5) is 0. The molecule has 0 fully saturated rings. The van der Waals surface area contributed by atoms with Crippen molar-refractivity contribution in [2.24, 2.45) is 0 Å². The molecule has 11 heavy (non-hydrogen) atoms. The van der Waals surface area contributed by atoms with Crippen molar-refractivity contribution in [1.29, 1.82) is 0 Å².